The average molecular weight is 254 g/mol. The largest absolute Gasteiger partial charge is 0.374 e. The molecular weight excluding hydrogens is 232 g/mol. The number of benzene rings is 1. The minimum absolute atomic E-state index is 0.347. The summed E-state index contributed by atoms with van der Waals surface area (Å²) in [6.45, 7) is 5.07. The Morgan fingerprint density at radius 1 is 1.26 bits per heavy atom. The molecule has 3 atom stereocenters. The van der Waals surface area contributed by atoms with Gasteiger partial charge in [0, 0.05) is 5.92 Å². The third kappa shape index (κ3) is 2.40. The number of fused-ring (bicyclic) bond motifs is 3. The van der Waals surface area contributed by atoms with Crippen molar-refractivity contribution in [2.75, 3.05) is 0 Å². The molecule has 0 heterocycles. The molecule has 1 aromatic carbocycles. The zero-order valence-electron chi connectivity index (χ0n) is 11.8. The zero-order valence-corrected chi connectivity index (χ0v) is 11.8. The molecule has 0 fully saturated rings. The first-order chi connectivity index (χ1) is 9.29. The third-order valence-electron chi connectivity index (χ3n) is 4.46. The predicted octanol–water partition coefficient (Wildman–Crippen LogP) is 4.38. The first-order valence-electron chi connectivity index (χ1n) is 7.37. The summed E-state index contributed by atoms with van der Waals surface area (Å²) in [5.41, 5.74) is 4.42. The first-order valence-corrected chi connectivity index (χ1v) is 7.37. The molecule has 100 valence electrons. The molecule has 3 rings (SSSR count). The maximum Gasteiger partial charge on any atom is 0.0723 e. The molecule has 1 heteroatoms. The summed E-state index contributed by atoms with van der Waals surface area (Å²) in [6.07, 6.45) is 11.6. The van der Waals surface area contributed by atoms with E-state index in [0.29, 0.717) is 17.9 Å². The Balaban J connectivity index is 1.84. The molecule has 0 saturated carbocycles. The van der Waals surface area contributed by atoms with Gasteiger partial charge in [-0.15, -0.1) is 0 Å². The molecule has 0 bridgehead atoms. The van der Waals surface area contributed by atoms with Gasteiger partial charge in [0.15, 0.2) is 0 Å². The van der Waals surface area contributed by atoms with E-state index in [9.17, 15) is 0 Å². The molecular formula is C18H22O. The van der Waals surface area contributed by atoms with E-state index >= 15 is 0 Å². The fraction of sp³-hybridized carbons (Fsp3) is 0.444. The van der Waals surface area contributed by atoms with Crippen LogP contribution in [0.3, 0.4) is 0 Å². The van der Waals surface area contributed by atoms with Crippen molar-refractivity contribution in [1.29, 1.82) is 0 Å². The van der Waals surface area contributed by atoms with Gasteiger partial charge in [0.2, 0.25) is 0 Å². The van der Waals surface area contributed by atoms with Crippen LogP contribution in [0.5, 0.6) is 0 Å². The first kappa shape index (κ1) is 12.7. The van der Waals surface area contributed by atoms with Crippen LogP contribution in [0.25, 0.3) is 0 Å². The molecule has 19 heavy (non-hydrogen) atoms. The van der Waals surface area contributed by atoms with E-state index in [0.717, 1.165) is 13.0 Å². The van der Waals surface area contributed by atoms with Gasteiger partial charge in [-0.2, -0.15) is 0 Å². The van der Waals surface area contributed by atoms with Crippen molar-refractivity contribution >= 4 is 0 Å². The fourth-order valence-corrected chi connectivity index (χ4v) is 3.12. The van der Waals surface area contributed by atoms with Crippen molar-refractivity contribution in [1.82, 2.24) is 0 Å². The van der Waals surface area contributed by atoms with E-state index in [2.05, 4.69) is 56.4 Å². The molecule has 0 radical (unpaired) electrons. The van der Waals surface area contributed by atoms with Gasteiger partial charge in [-0.3, -0.25) is 0 Å². The number of rotatable bonds is 4. The second kappa shape index (κ2) is 5.34. The predicted molar refractivity (Wildman–Crippen MR) is 79.2 cm³/mol. The highest BCUT2D eigenvalue weighted by Gasteiger charge is 2.31. The lowest BCUT2D eigenvalue weighted by Gasteiger charge is -2.15. The Morgan fingerprint density at radius 3 is 2.95 bits per heavy atom. The van der Waals surface area contributed by atoms with Crippen molar-refractivity contribution < 1.29 is 4.74 Å². The number of ether oxygens (including phenoxy) is 1. The molecule has 2 unspecified atom stereocenters. The van der Waals surface area contributed by atoms with Crippen LogP contribution in [0.1, 0.15) is 42.9 Å². The summed E-state index contributed by atoms with van der Waals surface area (Å²) >= 11 is 0. The zero-order chi connectivity index (χ0) is 13.2. The van der Waals surface area contributed by atoms with Crippen LogP contribution in [-0.4, -0.2) is 6.10 Å². The van der Waals surface area contributed by atoms with Crippen LogP contribution in [0.2, 0.25) is 0 Å². The lowest BCUT2D eigenvalue weighted by Crippen LogP contribution is -2.07. The topological polar surface area (TPSA) is 9.23 Å². The Kier molecular flexibility index (Phi) is 3.56. The van der Waals surface area contributed by atoms with E-state index in [4.69, 9.17) is 4.74 Å². The molecule has 0 N–H and O–H groups in total. The molecule has 0 saturated heterocycles. The van der Waals surface area contributed by atoms with Gasteiger partial charge in [-0.1, -0.05) is 49.4 Å². The van der Waals surface area contributed by atoms with Gasteiger partial charge in [-0.05, 0) is 42.4 Å². The summed E-state index contributed by atoms with van der Waals surface area (Å²) in [5.74, 6) is 1.24. The van der Waals surface area contributed by atoms with E-state index in [1.165, 1.54) is 23.1 Å². The van der Waals surface area contributed by atoms with Crippen molar-refractivity contribution in [3.8, 4) is 0 Å². The molecule has 1 aromatic rings. The highest BCUT2D eigenvalue weighted by molar-refractivity contribution is 5.46. The van der Waals surface area contributed by atoms with Crippen LogP contribution in [-0.2, 0) is 17.8 Å². The standard InChI is InChI=1S/C18H22O/c1-3-13(2)19-12-15-8-6-10-17-16-9-5-4-7-14(16)11-18(15)17/h4-10,13-14,16H,3,11-12H2,1-2H3/t13-,14?,16?/m1/s1. The van der Waals surface area contributed by atoms with Gasteiger partial charge in [0.05, 0.1) is 12.7 Å². The monoisotopic (exact) mass is 254 g/mol. The van der Waals surface area contributed by atoms with Crippen LogP contribution >= 0.6 is 0 Å². The minimum Gasteiger partial charge on any atom is -0.374 e. The van der Waals surface area contributed by atoms with Crippen LogP contribution < -0.4 is 0 Å². The van der Waals surface area contributed by atoms with E-state index in [1.807, 2.05) is 0 Å². The SMILES string of the molecule is CC[C@@H](C)OCc1cccc2c1CC1C=CC=CC21. The van der Waals surface area contributed by atoms with Gasteiger partial charge in [0.25, 0.3) is 0 Å². The Hall–Kier alpha value is -1.34. The quantitative estimate of drug-likeness (QED) is 0.774. The van der Waals surface area contributed by atoms with E-state index < -0.39 is 0 Å². The highest BCUT2D eigenvalue weighted by Crippen LogP contribution is 2.42. The normalized spacial score (nSPS) is 25.2. The maximum absolute atomic E-state index is 5.92. The van der Waals surface area contributed by atoms with Gasteiger partial charge in [0.1, 0.15) is 0 Å². The summed E-state index contributed by atoms with van der Waals surface area (Å²) in [6, 6.07) is 6.70. The molecule has 0 aliphatic heterocycles. The van der Waals surface area contributed by atoms with Crippen molar-refractivity contribution in [3.05, 3.63) is 59.2 Å². The number of hydrogen-bond acceptors (Lipinski definition) is 1. The summed E-state index contributed by atoms with van der Waals surface area (Å²) in [5, 5.41) is 0. The maximum atomic E-state index is 5.92. The van der Waals surface area contributed by atoms with Crippen LogP contribution in [0, 0.1) is 5.92 Å². The summed E-state index contributed by atoms with van der Waals surface area (Å²) in [7, 11) is 0. The molecule has 2 aliphatic carbocycles. The van der Waals surface area contributed by atoms with Crippen molar-refractivity contribution in [2.45, 2.75) is 45.3 Å². The lowest BCUT2D eigenvalue weighted by molar-refractivity contribution is 0.0505. The number of allylic oxidation sites excluding steroid dienone is 4. The van der Waals surface area contributed by atoms with Crippen molar-refractivity contribution in [3.63, 3.8) is 0 Å². The summed E-state index contributed by atoms with van der Waals surface area (Å²) < 4.78 is 5.92. The van der Waals surface area contributed by atoms with Crippen molar-refractivity contribution in [2.24, 2.45) is 5.92 Å². The number of hydrogen-bond donors (Lipinski definition) is 0. The van der Waals surface area contributed by atoms with Crippen LogP contribution in [0.4, 0.5) is 0 Å². The van der Waals surface area contributed by atoms with Crippen LogP contribution in [0.15, 0.2) is 42.5 Å². The molecule has 0 spiro atoms. The lowest BCUT2D eigenvalue weighted by atomic mass is 9.89. The minimum atomic E-state index is 0.347. The molecule has 0 aromatic heterocycles. The van der Waals surface area contributed by atoms with E-state index in [1.54, 1.807) is 0 Å². The van der Waals surface area contributed by atoms with Gasteiger partial charge >= 0.3 is 0 Å². The third-order valence-corrected chi connectivity index (χ3v) is 4.46. The van der Waals surface area contributed by atoms with E-state index in [-0.39, 0.29) is 0 Å². The second-order valence-corrected chi connectivity index (χ2v) is 5.68. The molecule has 1 nitrogen and oxygen atoms in total. The second-order valence-electron chi connectivity index (χ2n) is 5.68. The fourth-order valence-electron chi connectivity index (χ4n) is 3.12. The van der Waals surface area contributed by atoms with Gasteiger partial charge in [-0.25, -0.2) is 0 Å². The smallest absolute Gasteiger partial charge is 0.0723 e. The highest BCUT2D eigenvalue weighted by atomic mass is 16.5. The Morgan fingerprint density at radius 2 is 2.11 bits per heavy atom. The Labute approximate surface area is 116 Å². The summed E-state index contributed by atoms with van der Waals surface area (Å²) in [4.78, 5) is 0. The molecule has 2 aliphatic rings. The molecule has 0 amide bonds. The Bertz CT molecular complexity index is 512. The van der Waals surface area contributed by atoms with Gasteiger partial charge < -0.3 is 4.74 Å². The average Bonchev–Trinajstić information content (AvgIpc) is 2.84.